The van der Waals surface area contributed by atoms with E-state index in [0.29, 0.717) is 0 Å². The van der Waals surface area contributed by atoms with E-state index in [0.717, 1.165) is 47.4 Å². The molecular weight excluding hydrogens is 486 g/mol. The Morgan fingerprint density at radius 3 is 2.31 bits per heavy atom. The number of para-hydroxylation sites is 1. The summed E-state index contributed by atoms with van der Waals surface area (Å²) in [5.74, 6) is -0.715. The predicted molar refractivity (Wildman–Crippen MR) is 140 cm³/mol. The molecule has 35 heavy (non-hydrogen) atoms. The van der Waals surface area contributed by atoms with Crippen LogP contribution in [0.25, 0.3) is 0 Å². The second-order valence-corrected chi connectivity index (χ2v) is 11.5. The molecule has 1 aliphatic carbocycles. The summed E-state index contributed by atoms with van der Waals surface area (Å²) < 4.78 is 26.3. The van der Waals surface area contributed by atoms with E-state index in [4.69, 9.17) is 11.6 Å². The first-order chi connectivity index (χ1) is 16.6. The van der Waals surface area contributed by atoms with Crippen molar-refractivity contribution < 1.29 is 18.0 Å². The topological polar surface area (TPSA) is 86.8 Å². The van der Waals surface area contributed by atoms with Gasteiger partial charge < -0.3 is 10.2 Å². The number of carbonyl (C=O) groups is 2. The van der Waals surface area contributed by atoms with Crippen LogP contribution in [-0.2, 0) is 26.2 Å². The highest BCUT2D eigenvalue weighted by Gasteiger charge is 2.31. The molecule has 1 aliphatic rings. The lowest BCUT2D eigenvalue weighted by Gasteiger charge is -2.33. The zero-order chi connectivity index (χ0) is 25.6. The summed E-state index contributed by atoms with van der Waals surface area (Å²) in [5.41, 5.74) is 2.10. The minimum absolute atomic E-state index is 0.102. The molecule has 1 N–H and O–H groups in total. The molecule has 2 aromatic carbocycles. The number of benzene rings is 2. The van der Waals surface area contributed by atoms with Gasteiger partial charge in [-0.1, -0.05) is 67.3 Å². The van der Waals surface area contributed by atoms with Crippen LogP contribution in [-0.4, -0.2) is 50.0 Å². The van der Waals surface area contributed by atoms with E-state index < -0.39 is 28.5 Å². The second kappa shape index (κ2) is 11.9. The zero-order valence-corrected chi connectivity index (χ0v) is 22.1. The summed E-state index contributed by atoms with van der Waals surface area (Å²) in [5, 5.41) is 3.31. The second-order valence-electron chi connectivity index (χ2n) is 9.19. The molecule has 2 amide bonds. The van der Waals surface area contributed by atoms with Crippen molar-refractivity contribution in [2.75, 3.05) is 17.1 Å². The lowest BCUT2D eigenvalue weighted by Crippen LogP contribution is -2.53. The summed E-state index contributed by atoms with van der Waals surface area (Å²) in [4.78, 5) is 28.3. The van der Waals surface area contributed by atoms with E-state index >= 15 is 0 Å². The lowest BCUT2D eigenvalue weighted by molar-refractivity contribution is -0.139. The lowest BCUT2D eigenvalue weighted by atomic mass is 9.95. The molecule has 0 spiro atoms. The summed E-state index contributed by atoms with van der Waals surface area (Å²) in [6.07, 6.45) is 6.22. The highest BCUT2D eigenvalue weighted by atomic mass is 35.5. The fourth-order valence-electron chi connectivity index (χ4n) is 4.37. The molecule has 0 radical (unpaired) electrons. The van der Waals surface area contributed by atoms with Gasteiger partial charge in [0.05, 0.1) is 17.0 Å². The smallest absolute Gasteiger partial charge is 0.244 e. The maximum atomic E-state index is 13.6. The van der Waals surface area contributed by atoms with Gasteiger partial charge in [0.1, 0.15) is 12.6 Å². The van der Waals surface area contributed by atoms with Gasteiger partial charge >= 0.3 is 0 Å². The van der Waals surface area contributed by atoms with E-state index in [1.54, 1.807) is 31.2 Å². The van der Waals surface area contributed by atoms with Crippen molar-refractivity contribution in [2.45, 2.75) is 64.6 Å². The van der Waals surface area contributed by atoms with E-state index in [-0.39, 0.29) is 29.2 Å². The third-order valence-corrected chi connectivity index (χ3v) is 7.97. The SMILES string of the molecule is Cc1ccccc1CN(C(=O)CN(c1ccccc1Cl)S(C)(=O)=O)C(C)C(=O)NC1CCCCC1. The van der Waals surface area contributed by atoms with Crippen LogP contribution >= 0.6 is 11.6 Å². The number of nitrogens with zero attached hydrogens (tertiary/aromatic N) is 2. The highest BCUT2D eigenvalue weighted by molar-refractivity contribution is 7.92. The van der Waals surface area contributed by atoms with Gasteiger partial charge in [0.25, 0.3) is 0 Å². The van der Waals surface area contributed by atoms with Crippen LogP contribution < -0.4 is 9.62 Å². The van der Waals surface area contributed by atoms with Crippen molar-refractivity contribution >= 4 is 39.1 Å². The molecule has 1 fully saturated rings. The molecule has 1 unspecified atom stereocenters. The number of hydrogen-bond donors (Lipinski definition) is 1. The minimum atomic E-state index is -3.82. The number of hydrogen-bond acceptors (Lipinski definition) is 4. The van der Waals surface area contributed by atoms with Crippen LogP contribution in [0.4, 0.5) is 5.69 Å². The van der Waals surface area contributed by atoms with Crippen LogP contribution in [0, 0.1) is 6.92 Å². The predicted octanol–water partition coefficient (Wildman–Crippen LogP) is 4.28. The van der Waals surface area contributed by atoms with Gasteiger partial charge in [0.2, 0.25) is 21.8 Å². The Balaban J connectivity index is 1.89. The quantitative estimate of drug-likeness (QED) is 0.535. The molecule has 0 aliphatic heterocycles. The number of rotatable bonds is 9. The monoisotopic (exact) mass is 519 g/mol. The van der Waals surface area contributed by atoms with E-state index in [1.807, 2.05) is 31.2 Å². The molecule has 9 heteroatoms. The summed E-state index contributed by atoms with van der Waals surface area (Å²) in [6, 6.07) is 13.4. The minimum Gasteiger partial charge on any atom is -0.352 e. The van der Waals surface area contributed by atoms with E-state index in [9.17, 15) is 18.0 Å². The van der Waals surface area contributed by atoms with Crippen LogP contribution in [0.1, 0.15) is 50.2 Å². The summed E-state index contributed by atoms with van der Waals surface area (Å²) in [6.45, 7) is 3.35. The van der Waals surface area contributed by atoms with Crippen molar-refractivity contribution in [3.63, 3.8) is 0 Å². The van der Waals surface area contributed by atoms with E-state index in [1.165, 1.54) is 11.3 Å². The maximum Gasteiger partial charge on any atom is 0.244 e. The molecule has 190 valence electrons. The zero-order valence-electron chi connectivity index (χ0n) is 20.5. The number of halogens is 1. The largest absolute Gasteiger partial charge is 0.352 e. The molecule has 0 saturated heterocycles. The van der Waals surface area contributed by atoms with Crippen molar-refractivity contribution in [1.82, 2.24) is 10.2 Å². The van der Waals surface area contributed by atoms with Crippen molar-refractivity contribution in [3.05, 3.63) is 64.7 Å². The molecular formula is C26H34ClN3O4S. The Morgan fingerprint density at radius 2 is 1.69 bits per heavy atom. The van der Waals surface area contributed by atoms with Crippen LogP contribution in [0.5, 0.6) is 0 Å². The van der Waals surface area contributed by atoms with Gasteiger partial charge in [-0.3, -0.25) is 13.9 Å². The first-order valence-electron chi connectivity index (χ1n) is 11.9. The van der Waals surface area contributed by atoms with E-state index in [2.05, 4.69) is 5.32 Å². The van der Waals surface area contributed by atoms with Crippen molar-refractivity contribution in [2.24, 2.45) is 0 Å². The Bertz CT molecular complexity index is 1150. The summed E-state index contributed by atoms with van der Waals surface area (Å²) in [7, 11) is -3.82. The van der Waals surface area contributed by atoms with Crippen molar-refractivity contribution in [3.8, 4) is 0 Å². The molecule has 1 atom stereocenters. The molecule has 1 saturated carbocycles. The Morgan fingerprint density at radius 1 is 1.06 bits per heavy atom. The van der Waals surface area contributed by atoms with Gasteiger partial charge in [-0.15, -0.1) is 0 Å². The third kappa shape index (κ3) is 7.21. The first-order valence-corrected chi connectivity index (χ1v) is 14.2. The normalized spacial score (nSPS) is 15.3. The van der Waals surface area contributed by atoms with Gasteiger partial charge in [-0.25, -0.2) is 8.42 Å². The number of amides is 2. The average molecular weight is 520 g/mol. The summed E-state index contributed by atoms with van der Waals surface area (Å²) >= 11 is 6.26. The van der Waals surface area contributed by atoms with Crippen LogP contribution in [0.2, 0.25) is 5.02 Å². The van der Waals surface area contributed by atoms with Gasteiger partial charge in [0.15, 0.2) is 0 Å². The standard InChI is InChI=1S/C26H34ClN3O4S/c1-19-11-7-8-12-21(19)17-29(20(2)26(32)28-22-13-5-4-6-14-22)25(31)18-30(35(3,33)34)24-16-10-9-15-23(24)27/h7-12,15-16,20,22H,4-6,13-14,17-18H2,1-3H3,(H,28,32). The maximum absolute atomic E-state index is 13.6. The van der Waals surface area contributed by atoms with Gasteiger partial charge in [-0.05, 0) is 49.9 Å². The van der Waals surface area contributed by atoms with Crippen molar-refractivity contribution in [1.29, 1.82) is 0 Å². The molecule has 3 rings (SSSR count). The van der Waals surface area contributed by atoms with Gasteiger partial charge in [0, 0.05) is 12.6 Å². The molecule has 0 heterocycles. The Kier molecular flexibility index (Phi) is 9.19. The number of aryl methyl sites for hydroxylation is 1. The fraction of sp³-hybridized carbons (Fsp3) is 0.462. The Hall–Kier alpha value is -2.58. The average Bonchev–Trinajstić information content (AvgIpc) is 2.82. The molecule has 0 aromatic heterocycles. The highest BCUT2D eigenvalue weighted by Crippen LogP contribution is 2.27. The fourth-order valence-corrected chi connectivity index (χ4v) is 5.52. The molecule has 2 aromatic rings. The first kappa shape index (κ1) is 27.0. The van der Waals surface area contributed by atoms with Crippen LogP contribution in [0.3, 0.4) is 0 Å². The Labute approximate surface area is 213 Å². The molecule has 0 bridgehead atoms. The van der Waals surface area contributed by atoms with Crippen LogP contribution in [0.15, 0.2) is 48.5 Å². The van der Waals surface area contributed by atoms with Gasteiger partial charge in [-0.2, -0.15) is 0 Å². The number of anilines is 1. The third-order valence-electron chi connectivity index (χ3n) is 6.52. The number of nitrogens with one attached hydrogen (secondary N) is 1. The molecule has 7 nitrogen and oxygen atoms in total. The number of sulfonamides is 1. The number of carbonyl (C=O) groups excluding carboxylic acids is 2.